The number of benzene rings is 1. The zero-order valence-corrected chi connectivity index (χ0v) is 14.3. The Labute approximate surface area is 150 Å². The van der Waals surface area contributed by atoms with Gasteiger partial charge >= 0.3 is 5.00 Å². The van der Waals surface area contributed by atoms with Crippen LogP contribution in [-0.4, -0.2) is 28.2 Å². The van der Waals surface area contributed by atoms with Gasteiger partial charge in [0.2, 0.25) is 11.8 Å². The molecule has 0 radical (unpaired) electrons. The molecule has 25 heavy (non-hydrogen) atoms. The van der Waals surface area contributed by atoms with Gasteiger partial charge in [-0.15, -0.1) is 11.8 Å². The number of hydrogen-bond donors (Lipinski definition) is 2. The van der Waals surface area contributed by atoms with Crippen LogP contribution in [0, 0.1) is 10.1 Å². The SMILES string of the molecule is O=C(CC1Sc2ccccc2NC1=O)NN=Cc1csc([N+](=O)[O-])c1. The Hall–Kier alpha value is -2.72. The first kappa shape index (κ1) is 17.1. The molecule has 2 heterocycles. The third-order valence-corrected chi connectivity index (χ3v) is 5.44. The number of thiophene rings is 1. The monoisotopic (exact) mass is 376 g/mol. The van der Waals surface area contributed by atoms with Gasteiger partial charge in [-0.2, -0.15) is 5.10 Å². The van der Waals surface area contributed by atoms with Crippen LogP contribution in [0.1, 0.15) is 12.0 Å². The highest BCUT2D eigenvalue weighted by Crippen LogP contribution is 2.36. The standard InChI is InChI=1S/C15H12N4O4S2/c20-13(18-16-7-9-5-14(19(22)23)24-8-9)6-12-15(21)17-10-3-1-2-4-11(10)25-12/h1-5,7-8,12H,6H2,(H,17,21)(H,18,20). The summed E-state index contributed by atoms with van der Waals surface area (Å²) in [6, 6.07) is 8.75. The summed E-state index contributed by atoms with van der Waals surface area (Å²) >= 11 is 2.31. The lowest BCUT2D eigenvalue weighted by molar-refractivity contribution is -0.380. The van der Waals surface area contributed by atoms with Gasteiger partial charge in [0.05, 0.1) is 22.1 Å². The number of carbonyl (C=O) groups excluding carboxylic acids is 2. The van der Waals surface area contributed by atoms with Crippen LogP contribution in [0.4, 0.5) is 10.7 Å². The summed E-state index contributed by atoms with van der Waals surface area (Å²) < 4.78 is 0. The van der Waals surface area contributed by atoms with E-state index in [0.717, 1.165) is 21.9 Å². The number of nitro groups is 1. The Kier molecular flexibility index (Phi) is 5.10. The summed E-state index contributed by atoms with van der Waals surface area (Å²) in [5.74, 6) is -0.635. The van der Waals surface area contributed by atoms with E-state index in [1.165, 1.54) is 24.0 Å². The van der Waals surface area contributed by atoms with E-state index < -0.39 is 16.1 Å². The Morgan fingerprint density at radius 2 is 2.24 bits per heavy atom. The minimum Gasteiger partial charge on any atom is -0.324 e. The lowest BCUT2D eigenvalue weighted by Crippen LogP contribution is -2.33. The molecule has 128 valence electrons. The highest BCUT2D eigenvalue weighted by Gasteiger charge is 2.28. The van der Waals surface area contributed by atoms with Crippen molar-refractivity contribution in [2.24, 2.45) is 5.10 Å². The molecule has 1 aliphatic rings. The number of anilines is 1. The van der Waals surface area contributed by atoms with E-state index in [1.54, 1.807) is 11.4 Å². The largest absolute Gasteiger partial charge is 0.324 e. The average molecular weight is 376 g/mol. The van der Waals surface area contributed by atoms with Crippen molar-refractivity contribution in [2.45, 2.75) is 16.6 Å². The number of hydrazone groups is 1. The van der Waals surface area contributed by atoms with Gasteiger partial charge in [0, 0.05) is 28.3 Å². The summed E-state index contributed by atoms with van der Waals surface area (Å²) in [4.78, 5) is 35.0. The number of nitrogens with one attached hydrogen (secondary N) is 2. The molecular weight excluding hydrogens is 364 g/mol. The quantitative estimate of drug-likeness (QED) is 0.473. The third kappa shape index (κ3) is 4.22. The molecule has 1 aromatic carbocycles. The van der Waals surface area contributed by atoms with Crippen molar-refractivity contribution < 1.29 is 14.5 Å². The third-order valence-electron chi connectivity index (χ3n) is 3.27. The van der Waals surface area contributed by atoms with Crippen LogP contribution >= 0.6 is 23.1 Å². The van der Waals surface area contributed by atoms with Crippen LogP contribution < -0.4 is 10.7 Å². The molecular formula is C15H12N4O4S2. The lowest BCUT2D eigenvalue weighted by atomic mass is 10.2. The normalized spacial score (nSPS) is 16.3. The van der Waals surface area contributed by atoms with Crippen LogP contribution in [0.3, 0.4) is 0 Å². The van der Waals surface area contributed by atoms with Gasteiger partial charge in [-0.3, -0.25) is 19.7 Å². The smallest absolute Gasteiger partial charge is 0.324 e. The molecule has 2 amide bonds. The number of para-hydroxylation sites is 1. The topological polar surface area (TPSA) is 114 Å². The molecule has 0 spiro atoms. The summed E-state index contributed by atoms with van der Waals surface area (Å²) in [5.41, 5.74) is 3.60. The van der Waals surface area contributed by atoms with Crippen molar-refractivity contribution in [1.82, 2.24) is 5.43 Å². The summed E-state index contributed by atoms with van der Waals surface area (Å²) in [6.45, 7) is 0. The summed E-state index contributed by atoms with van der Waals surface area (Å²) in [7, 11) is 0. The molecule has 1 aromatic heterocycles. The maximum atomic E-state index is 12.0. The Morgan fingerprint density at radius 3 is 3.00 bits per heavy atom. The van der Waals surface area contributed by atoms with E-state index in [4.69, 9.17) is 0 Å². The highest BCUT2D eigenvalue weighted by atomic mass is 32.2. The molecule has 1 unspecified atom stereocenters. The highest BCUT2D eigenvalue weighted by molar-refractivity contribution is 8.01. The molecule has 1 aliphatic heterocycles. The number of nitrogens with zero attached hydrogens (tertiary/aromatic N) is 2. The van der Waals surface area contributed by atoms with E-state index in [1.807, 2.05) is 18.2 Å². The Morgan fingerprint density at radius 1 is 1.44 bits per heavy atom. The van der Waals surface area contributed by atoms with E-state index in [-0.39, 0.29) is 17.3 Å². The van der Waals surface area contributed by atoms with Gasteiger partial charge in [-0.05, 0) is 12.1 Å². The Balaban J connectivity index is 1.55. The molecule has 10 heteroatoms. The average Bonchev–Trinajstić information content (AvgIpc) is 3.05. The molecule has 2 N–H and O–H groups in total. The van der Waals surface area contributed by atoms with Crippen molar-refractivity contribution in [3.63, 3.8) is 0 Å². The van der Waals surface area contributed by atoms with Gasteiger partial charge in [0.15, 0.2) is 0 Å². The van der Waals surface area contributed by atoms with Crippen LogP contribution in [-0.2, 0) is 9.59 Å². The van der Waals surface area contributed by atoms with Crippen molar-refractivity contribution >= 4 is 51.8 Å². The molecule has 2 aromatic rings. The first-order chi connectivity index (χ1) is 12.0. The van der Waals surface area contributed by atoms with Gasteiger partial charge in [-0.25, -0.2) is 5.43 Å². The first-order valence-electron chi connectivity index (χ1n) is 7.14. The maximum Gasteiger partial charge on any atom is 0.324 e. The predicted octanol–water partition coefficient (Wildman–Crippen LogP) is 2.61. The van der Waals surface area contributed by atoms with E-state index in [0.29, 0.717) is 5.56 Å². The number of rotatable bonds is 5. The fourth-order valence-electron chi connectivity index (χ4n) is 2.12. The maximum absolute atomic E-state index is 12.0. The van der Waals surface area contributed by atoms with Gasteiger partial charge in [-0.1, -0.05) is 23.5 Å². The van der Waals surface area contributed by atoms with E-state index in [9.17, 15) is 19.7 Å². The van der Waals surface area contributed by atoms with Crippen LogP contribution in [0.5, 0.6) is 0 Å². The van der Waals surface area contributed by atoms with Crippen molar-refractivity contribution in [3.05, 3.63) is 51.4 Å². The summed E-state index contributed by atoms with van der Waals surface area (Å²) in [6.07, 6.45) is 1.30. The lowest BCUT2D eigenvalue weighted by Gasteiger charge is -2.23. The number of hydrogen-bond acceptors (Lipinski definition) is 7. The van der Waals surface area contributed by atoms with Gasteiger partial charge < -0.3 is 5.32 Å². The predicted molar refractivity (Wildman–Crippen MR) is 96.0 cm³/mol. The van der Waals surface area contributed by atoms with E-state index in [2.05, 4.69) is 15.8 Å². The van der Waals surface area contributed by atoms with Crippen LogP contribution in [0.2, 0.25) is 0 Å². The van der Waals surface area contributed by atoms with Crippen molar-refractivity contribution in [3.8, 4) is 0 Å². The number of thioether (sulfide) groups is 1. The summed E-state index contributed by atoms with van der Waals surface area (Å²) in [5, 5.41) is 18.2. The van der Waals surface area contributed by atoms with Crippen LogP contribution in [0.25, 0.3) is 0 Å². The fourth-order valence-corrected chi connectivity index (χ4v) is 3.91. The number of fused-ring (bicyclic) bond motifs is 1. The molecule has 8 nitrogen and oxygen atoms in total. The van der Waals surface area contributed by atoms with Crippen molar-refractivity contribution in [1.29, 1.82) is 0 Å². The minimum atomic E-state index is -0.535. The minimum absolute atomic E-state index is 0.00159. The zero-order valence-electron chi connectivity index (χ0n) is 12.7. The number of amides is 2. The molecule has 3 rings (SSSR count). The molecule has 0 bridgehead atoms. The molecule has 0 saturated carbocycles. The van der Waals surface area contributed by atoms with Gasteiger partial charge in [0.25, 0.3) is 0 Å². The first-order valence-corrected chi connectivity index (χ1v) is 8.90. The second kappa shape index (κ2) is 7.45. The molecule has 0 aliphatic carbocycles. The second-order valence-corrected chi connectivity index (χ2v) is 7.20. The molecule has 0 fully saturated rings. The number of carbonyl (C=O) groups is 2. The second-order valence-electron chi connectivity index (χ2n) is 5.06. The molecule has 1 atom stereocenters. The zero-order chi connectivity index (χ0) is 17.8. The van der Waals surface area contributed by atoms with Crippen molar-refractivity contribution in [2.75, 3.05) is 5.32 Å². The van der Waals surface area contributed by atoms with E-state index >= 15 is 0 Å². The van der Waals surface area contributed by atoms with Crippen LogP contribution in [0.15, 0.2) is 45.7 Å². The van der Waals surface area contributed by atoms with Gasteiger partial charge in [0.1, 0.15) is 0 Å². The molecule has 0 saturated heterocycles. The fraction of sp³-hybridized carbons (Fsp3) is 0.133. The Bertz CT molecular complexity index is 865.